The molecular weight excluding hydrogens is 429 g/mol. The van der Waals surface area contributed by atoms with Crippen molar-refractivity contribution in [3.05, 3.63) is 77.9 Å². The van der Waals surface area contributed by atoms with E-state index in [0.29, 0.717) is 23.5 Å². The van der Waals surface area contributed by atoms with Crippen molar-refractivity contribution in [1.29, 1.82) is 0 Å². The van der Waals surface area contributed by atoms with Gasteiger partial charge in [-0.05, 0) is 43.0 Å². The van der Waals surface area contributed by atoms with Gasteiger partial charge in [-0.1, -0.05) is 37.3 Å². The normalized spacial score (nSPS) is 27.1. The lowest BCUT2D eigenvalue weighted by Crippen LogP contribution is -2.41. The molecule has 1 saturated carbocycles. The number of benzene rings is 2. The fraction of sp³-hybridized carbons (Fsp3) is 0.286. The Labute approximate surface area is 196 Å². The van der Waals surface area contributed by atoms with Gasteiger partial charge in [-0.3, -0.25) is 9.78 Å². The molecule has 5 nitrogen and oxygen atoms in total. The minimum atomic E-state index is -0.334. The van der Waals surface area contributed by atoms with E-state index in [2.05, 4.69) is 4.98 Å². The smallest absolute Gasteiger partial charge is 0.167 e. The van der Waals surface area contributed by atoms with E-state index in [0.717, 1.165) is 34.1 Å². The highest BCUT2D eigenvalue weighted by Crippen LogP contribution is 2.54. The van der Waals surface area contributed by atoms with Crippen LogP contribution in [0.1, 0.15) is 30.5 Å². The monoisotopic (exact) mass is 451 g/mol. The van der Waals surface area contributed by atoms with Crippen molar-refractivity contribution in [2.45, 2.75) is 37.9 Å². The number of hydrogen-bond donors (Lipinski definition) is 0. The molecule has 2 fully saturated rings. The Balaban J connectivity index is 1.50. The molecule has 2 aliphatic carbocycles. The summed E-state index contributed by atoms with van der Waals surface area (Å²) in [4.78, 5) is 27.2. The van der Waals surface area contributed by atoms with Crippen LogP contribution in [0.2, 0.25) is 0 Å². The number of hydrogen-bond acceptors (Lipinski definition) is 5. The van der Waals surface area contributed by atoms with Crippen molar-refractivity contribution in [1.82, 2.24) is 15.0 Å². The van der Waals surface area contributed by atoms with E-state index in [1.54, 1.807) is 18.3 Å². The average molecular weight is 452 g/mol. The molecule has 4 aromatic rings. The van der Waals surface area contributed by atoms with Crippen LogP contribution in [0.25, 0.3) is 33.5 Å². The van der Waals surface area contributed by atoms with Gasteiger partial charge in [0.2, 0.25) is 0 Å². The Kier molecular flexibility index (Phi) is 4.24. The minimum Gasteiger partial charge on any atom is -0.361 e. The summed E-state index contributed by atoms with van der Waals surface area (Å²) in [5.41, 5.74) is 4.72. The second-order valence-electron chi connectivity index (χ2n) is 9.56. The Hall–Kier alpha value is -3.51. The van der Waals surface area contributed by atoms with Gasteiger partial charge < -0.3 is 4.74 Å². The van der Waals surface area contributed by atoms with Crippen molar-refractivity contribution in [2.24, 2.45) is 11.8 Å². The van der Waals surface area contributed by atoms with Crippen LogP contribution in [0.3, 0.4) is 0 Å². The third-order valence-electron chi connectivity index (χ3n) is 7.81. The molecule has 3 heterocycles. The quantitative estimate of drug-likeness (QED) is 0.395. The number of fused-ring (bicyclic) bond motifs is 6. The SMILES string of the molecule is CC1C(=O)C2OC2C2c3nc(-c4ccnc5ccccc45)nc(-c4ccccc4F)c3CCC12. The Morgan fingerprint density at radius 3 is 2.71 bits per heavy atom. The number of para-hydroxylation sites is 1. The number of aromatic nitrogens is 3. The number of halogens is 1. The number of Topliss-reactive ketones (excluding diaryl/α,β-unsaturated/α-hetero) is 1. The van der Waals surface area contributed by atoms with E-state index in [1.807, 2.05) is 43.3 Å². The van der Waals surface area contributed by atoms with Gasteiger partial charge in [0.25, 0.3) is 0 Å². The van der Waals surface area contributed by atoms with E-state index in [-0.39, 0.29) is 41.6 Å². The molecular formula is C28H22FN3O2. The maximum Gasteiger partial charge on any atom is 0.167 e. The maximum atomic E-state index is 15.0. The first-order chi connectivity index (χ1) is 16.6. The first-order valence-electron chi connectivity index (χ1n) is 11.8. The zero-order valence-electron chi connectivity index (χ0n) is 18.6. The number of rotatable bonds is 2. The lowest BCUT2D eigenvalue weighted by Gasteiger charge is -2.38. The summed E-state index contributed by atoms with van der Waals surface area (Å²) in [6.07, 6.45) is 2.84. The molecule has 5 unspecified atom stereocenters. The molecule has 0 N–H and O–H groups in total. The summed E-state index contributed by atoms with van der Waals surface area (Å²) in [7, 11) is 0. The van der Waals surface area contributed by atoms with Crippen LogP contribution in [0.15, 0.2) is 60.8 Å². The molecule has 3 aliphatic rings. The fourth-order valence-corrected chi connectivity index (χ4v) is 6.06. The highest BCUT2D eigenvalue weighted by molar-refractivity contribution is 5.93. The zero-order valence-corrected chi connectivity index (χ0v) is 18.6. The number of nitrogens with zero attached hydrogens (tertiary/aromatic N) is 3. The lowest BCUT2D eigenvalue weighted by molar-refractivity contribution is -0.126. The van der Waals surface area contributed by atoms with Crippen molar-refractivity contribution < 1.29 is 13.9 Å². The van der Waals surface area contributed by atoms with Gasteiger partial charge in [0.15, 0.2) is 11.6 Å². The molecule has 0 spiro atoms. The topological polar surface area (TPSA) is 68.3 Å². The fourth-order valence-electron chi connectivity index (χ4n) is 6.06. The minimum absolute atomic E-state index is 0.0156. The van der Waals surface area contributed by atoms with Crippen LogP contribution in [0.5, 0.6) is 0 Å². The molecule has 2 aromatic heterocycles. The number of ether oxygens (including phenoxy) is 1. The molecule has 34 heavy (non-hydrogen) atoms. The summed E-state index contributed by atoms with van der Waals surface area (Å²) in [6, 6.07) is 16.6. The van der Waals surface area contributed by atoms with E-state index >= 15 is 4.39 Å². The summed E-state index contributed by atoms with van der Waals surface area (Å²) in [5, 5.41) is 0.949. The molecule has 0 bridgehead atoms. The standard InChI is InChI=1S/C28H22FN3O2/c1-14-15-10-11-19-23(18-7-2-4-8-20(18)29)31-28(17-12-13-30-21-9-5-3-6-16(17)21)32-24(19)22(15)26-27(34-26)25(14)33/h2-9,12-15,22,26-27H,10-11H2,1H3. The molecule has 5 atom stereocenters. The van der Waals surface area contributed by atoms with E-state index in [9.17, 15) is 4.79 Å². The number of ketones is 1. The summed E-state index contributed by atoms with van der Waals surface area (Å²) in [5.74, 6) is 0.579. The van der Waals surface area contributed by atoms with Crippen LogP contribution in [0.4, 0.5) is 4.39 Å². The molecule has 2 aromatic carbocycles. The van der Waals surface area contributed by atoms with Crippen LogP contribution >= 0.6 is 0 Å². The molecule has 0 amide bonds. The Bertz CT molecular complexity index is 1480. The second kappa shape index (κ2) is 7.24. The molecule has 168 valence electrons. The molecule has 0 radical (unpaired) electrons. The molecule has 7 rings (SSSR count). The zero-order chi connectivity index (χ0) is 23.0. The summed E-state index contributed by atoms with van der Waals surface area (Å²) < 4.78 is 20.9. The van der Waals surface area contributed by atoms with Crippen molar-refractivity contribution in [3.63, 3.8) is 0 Å². The van der Waals surface area contributed by atoms with Crippen LogP contribution < -0.4 is 0 Å². The predicted molar refractivity (Wildman–Crippen MR) is 126 cm³/mol. The van der Waals surface area contributed by atoms with Crippen LogP contribution in [-0.2, 0) is 16.0 Å². The largest absolute Gasteiger partial charge is 0.361 e. The van der Waals surface area contributed by atoms with Crippen LogP contribution in [0, 0.1) is 17.7 Å². The highest BCUT2D eigenvalue weighted by atomic mass is 19.1. The maximum absolute atomic E-state index is 15.0. The third-order valence-corrected chi connectivity index (χ3v) is 7.81. The van der Waals surface area contributed by atoms with Gasteiger partial charge in [-0.25, -0.2) is 14.4 Å². The second-order valence-corrected chi connectivity index (χ2v) is 9.56. The van der Waals surface area contributed by atoms with Crippen molar-refractivity contribution in [2.75, 3.05) is 0 Å². The van der Waals surface area contributed by atoms with Gasteiger partial charge in [-0.15, -0.1) is 0 Å². The van der Waals surface area contributed by atoms with Gasteiger partial charge in [-0.2, -0.15) is 0 Å². The number of carbonyl (C=O) groups excluding carboxylic acids is 1. The van der Waals surface area contributed by atoms with E-state index < -0.39 is 0 Å². The highest BCUT2D eigenvalue weighted by Gasteiger charge is 2.61. The third kappa shape index (κ3) is 2.81. The van der Waals surface area contributed by atoms with Crippen molar-refractivity contribution in [3.8, 4) is 22.6 Å². The first kappa shape index (κ1) is 19.9. The predicted octanol–water partition coefficient (Wildman–Crippen LogP) is 5.13. The van der Waals surface area contributed by atoms with E-state index in [4.69, 9.17) is 14.7 Å². The average Bonchev–Trinajstić information content (AvgIpc) is 3.67. The number of pyridine rings is 1. The molecule has 1 saturated heterocycles. The van der Waals surface area contributed by atoms with Crippen LogP contribution in [-0.4, -0.2) is 32.9 Å². The van der Waals surface area contributed by atoms with Crippen molar-refractivity contribution >= 4 is 16.7 Å². The molecule has 6 heteroatoms. The van der Waals surface area contributed by atoms with E-state index in [1.165, 1.54) is 6.07 Å². The molecule has 1 aliphatic heterocycles. The summed E-state index contributed by atoms with van der Waals surface area (Å²) in [6.45, 7) is 2.01. The Morgan fingerprint density at radius 1 is 1.00 bits per heavy atom. The van der Waals surface area contributed by atoms with Gasteiger partial charge in [0.05, 0.1) is 16.9 Å². The summed E-state index contributed by atoms with van der Waals surface area (Å²) >= 11 is 0. The number of epoxide rings is 1. The lowest BCUT2D eigenvalue weighted by atomic mass is 9.64. The van der Waals surface area contributed by atoms with Gasteiger partial charge in [0, 0.05) is 40.1 Å². The Morgan fingerprint density at radius 2 is 1.82 bits per heavy atom. The van der Waals surface area contributed by atoms with Gasteiger partial charge in [0.1, 0.15) is 18.0 Å². The van der Waals surface area contributed by atoms with Gasteiger partial charge >= 0.3 is 0 Å². The first-order valence-corrected chi connectivity index (χ1v) is 11.8. The number of carbonyl (C=O) groups is 1.